The number of aryl methyl sites for hydroxylation is 1. The van der Waals surface area contributed by atoms with Crippen molar-refractivity contribution in [2.75, 3.05) is 19.7 Å². The van der Waals surface area contributed by atoms with E-state index in [2.05, 4.69) is 19.1 Å². The van der Waals surface area contributed by atoms with Gasteiger partial charge in [-0.1, -0.05) is 25.5 Å². The molecular formula is C18H25NO2. The highest BCUT2D eigenvalue weighted by atomic mass is 16.5. The number of hydrogen-bond acceptors (Lipinski definition) is 2. The van der Waals surface area contributed by atoms with E-state index in [4.69, 9.17) is 4.74 Å². The van der Waals surface area contributed by atoms with Crippen molar-refractivity contribution in [1.29, 1.82) is 0 Å². The van der Waals surface area contributed by atoms with E-state index in [9.17, 15) is 4.79 Å². The molecular weight excluding hydrogens is 262 g/mol. The van der Waals surface area contributed by atoms with E-state index in [0.29, 0.717) is 0 Å². The molecule has 1 saturated carbocycles. The minimum Gasteiger partial charge on any atom is -0.376 e. The molecule has 0 aromatic heterocycles. The monoisotopic (exact) mass is 287 g/mol. The Bertz CT molecular complexity index is 478. The molecule has 1 atom stereocenters. The molecule has 1 aliphatic heterocycles. The summed E-state index contributed by atoms with van der Waals surface area (Å²) in [6, 6.07) is 8.08. The lowest BCUT2D eigenvalue weighted by Gasteiger charge is -2.17. The predicted molar refractivity (Wildman–Crippen MR) is 83.4 cm³/mol. The number of rotatable bonds is 6. The highest BCUT2D eigenvalue weighted by Crippen LogP contribution is 2.30. The van der Waals surface area contributed by atoms with Gasteiger partial charge in [0.2, 0.25) is 0 Å². The third kappa shape index (κ3) is 3.85. The molecule has 114 valence electrons. The molecule has 0 radical (unpaired) electrons. The average Bonchev–Trinajstić information content (AvgIpc) is 3.22. The van der Waals surface area contributed by atoms with Crippen LogP contribution in [-0.4, -0.2) is 36.6 Å². The topological polar surface area (TPSA) is 29.5 Å². The van der Waals surface area contributed by atoms with Crippen LogP contribution in [0.3, 0.4) is 0 Å². The summed E-state index contributed by atoms with van der Waals surface area (Å²) < 4.78 is 5.90. The Labute approximate surface area is 127 Å². The van der Waals surface area contributed by atoms with Gasteiger partial charge in [-0.2, -0.15) is 0 Å². The summed E-state index contributed by atoms with van der Waals surface area (Å²) in [6.07, 6.45) is 6.08. The fourth-order valence-electron chi connectivity index (χ4n) is 2.89. The smallest absolute Gasteiger partial charge is 0.253 e. The third-order valence-electron chi connectivity index (χ3n) is 4.44. The first-order chi connectivity index (χ1) is 10.3. The maximum atomic E-state index is 12.5. The number of likely N-dealkylation sites (tertiary alicyclic amines) is 1. The van der Waals surface area contributed by atoms with Crippen LogP contribution in [-0.2, 0) is 11.2 Å². The van der Waals surface area contributed by atoms with Gasteiger partial charge < -0.3 is 9.64 Å². The second kappa shape index (κ2) is 6.61. The first-order valence-corrected chi connectivity index (χ1v) is 8.26. The standard InChI is InChI=1S/C18H25NO2/c1-2-3-14-6-8-16(9-7-14)18(20)19-11-10-17(12-19)21-13-15-4-5-15/h6-9,15,17H,2-5,10-13H2,1H3. The van der Waals surface area contributed by atoms with Crippen molar-refractivity contribution in [2.45, 2.75) is 45.1 Å². The molecule has 2 aliphatic rings. The molecule has 0 bridgehead atoms. The minimum absolute atomic E-state index is 0.149. The molecule has 1 aliphatic carbocycles. The summed E-state index contributed by atoms with van der Waals surface area (Å²) >= 11 is 0. The molecule has 0 spiro atoms. The Morgan fingerprint density at radius 2 is 2.00 bits per heavy atom. The molecule has 21 heavy (non-hydrogen) atoms. The lowest BCUT2D eigenvalue weighted by Crippen LogP contribution is -2.30. The molecule has 3 nitrogen and oxygen atoms in total. The molecule has 2 fully saturated rings. The number of benzene rings is 1. The van der Waals surface area contributed by atoms with E-state index in [-0.39, 0.29) is 12.0 Å². The maximum absolute atomic E-state index is 12.5. The van der Waals surface area contributed by atoms with E-state index >= 15 is 0 Å². The van der Waals surface area contributed by atoms with Gasteiger partial charge in [-0.05, 0) is 49.3 Å². The van der Waals surface area contributed by atoms with Crippen LogP contribution in [0.15, 0.2) is 24.3 Å². The number of ether oxygens (including phenoxy) is 1. The quantitative estimate of drug-likeness (QED) is 0.803. The van der Waals surface area contributed by atoms with Crippen LogP contribution in [0.1, 0.15) is 48.5 Å². The second-order valence-corrected chi connectivity index (χ2v) is 6.39. The van der Waals surface area contributed by atoms with E-state index in [1.54, 1.807) is 0 Å². The molecule has 1 heterocycles. The van der Waals surface area contributed by atoms with Gasteiger partial charge in [0.25, 0.3) is 5.91 Å². The van der Waals surface area contributed by atoms with Crippen molar-refractivity contribution in [3.05, 3.63) is 35.4 Å². The number of amides is 1. The summed E-state index contributed by atoms with van der Waals surface area (Å²) in [6.45, 7) is 4.64. The summed E-state index contributed by atoms with van der Waals surface area (Å²) in [4.78, 5) is 14.4. The van der Waals surface area contributed by atoms with Gasteiger partial charge in [-0.25, -0.2) is 0 Å². The van der Waals surface area contributed by atoms with Crippen LogP contribution in [0.2, 0.25) is 0 Å². The van der Waals surface area contributed by atoms with Gasteiger partial charge >= 0.3 is 0 Å². The summed E-state index contributed by atoms with van der Waals surface area (Å²) in [5.41, 5.74) is 2.11. The molecule has 1 aromatic carbocycles. The Balaban J connectivity index is 1.52. The molecule has 0 N–H and O–H groups in total. The van der Waals surface area contributed by atoms with Gasteiger partial charge in [0, 0.05) is 25.3 Å². The van der Waals surface area contributed by atoms with Crippen LogP contribution in [0.4, 0.5) is 0 Å². The Morgan fingerprint density at radius 3 is 2.67 bits per heavy atom. The molecule has 1 amide bonds. The average molecular weight is 287 g/mol. The van der Waals surface area contributed by atoms with Crippen molar-refractivity contribution in [1.82, 2.24) is 4.90 Å². The van der Waals surface area contributed by atoms with Gasteiger partial charge in [0.05, 0.1) is 6.10 Å². The lowest BCUT2D eigenvalue weighted by atomic mass is 10.1. The number of carbonyl (C=O) groups is 1. The van der Waals surface area contributed by atoms with Gasteiger partial charge in [-0.3, -0.25) is 4.79 Å². The Kier molecular flexibility index (Phi) is 4.59. The predicted octanol–water partition coefficient (Wildman–Crippen LogP) is 3.28. The van der Waals surface area contributed by atoms with Crippen molar-refractivity contribution in [3.8, 4) is 0 Å². The molecule has 1 saturated heterocycles. The lowest BCUT2D eigenvalue weighted by molar-refractivity contribution is 0.0480. The van der Waals surface area contributed by atoms with Gasteiger partial charge in [0.1, 0.15) is 0 Å². The zero-order valence-corrected chi connectivity index (χ0v) is 12.9. The largest absolute Gasteiger partial charge is 0.376 e. The number of hydrogen-bond donors (Lipinski definition) is 0. The van der Waals surface area contributed by atoms with E-state index < -0.39 is 0 Å². The van der Waals surface area contributed by atoms with E-state index in [0.717, 1.165) is 50.4 Å². The molecule has 3 rings (SSSR count). The fourth-order valence-corrected chi connectivity index (χ4v) is 2.89. The second-order valence-electron chi connectivity index (χ2n) is 6.39. The van der Waals surface area contributed by atoms with Crippen molar-refractivity contribution >= 4 is 5.91 Å². The van der Waals surface area contributed by atoms with Crippen LogP contribution < -0.4 is 0 Å². The summed E-state index contributed by atoms with van der Waals surface area (Å²) in [7, 11) is 0. The van der Waals surface area contributed by atoms with Crippen molar-refractivity contribution in [2.24, 2.45) is 5.92 Å². The molecule has 1 unspecified atom stereocenters. The summed E-state index contributed by atoms with van der Waals surface area (Å²) in [5, 5.41) is 0. The minimum atomic E-state index is 0.149. The first kappa shape index (κ1) is 14.6. The normalized spacial score (nSPS) is 21.8. The number of carbonyl (C=O) groups excluding carboxylic acids is 1. The van der Waals surface area contributed by atoms with Crippen LogP contribution in [0.5, 0.6) is 0 Å². The van der Waals surface area contributed by atoms with Gasteiger partial charge in [-0.15, -0.1) is 0 Å². The third-order valence-corrected chi connectivity index (χ3v) is 4.44. The first-order valence-electron chi connectivity index (χ1n) is 8.26. The van der Waals surface area contributed by atoms with Gasteiger partial charge in [0.15, 0.2) is 0 Å². The van der Waals surface area contributed by atoms with Crippen molar-refractivity contribution < 1.29 is 9.53 Å². The SMILES string of the molecule is CCCc1ccc(C(=O)N2CCC(OCC3CC3)C2)cc1. The fraction of sp³-hybridized carbons (Fsp3) is 0.611. The van der Waals surface area contributed by atoms with Crippen molar-refractivity contribution in [3.63, 3.8) is 0 Å². The molecule has 1 aromatic rings. The van der Waals surface area contributed by atoms with E-state index in [1.165, 1.54) is 18.4 Å². The number of nitrogens with zero attached hydrogens (tertiary/aromatic N) is 1. The van der Waals surface area contributed by atoms with E-state index in [1.807, 2.05) is 17.0 Å². The zero-order valence-electron chi connectivity index (χ0n) is 12.9. The highest BCUT2D eigenvalue weighted by Gasteiger charge is 2.29. The van der Waals surface area contributed by atoms with Crippen LogP contribution in [0.25, 0.3) is 0 Å². The maximum Gasteiger partial charge on any atom is 0.253 e. The zero-order chi connectivity index (χ0) is 14.7. The molecule has 3 heteroatoms. The Morgan fingerprint density at radius 1 is 1.24 bits per heavy atom. The van der Waals surface area contributed by atoms with Crippen LogP contribution in [0, 0.1) is 5.92 Å². The highest BCUT2D eigenvalue weighted by molar-refractivity contribution is 5.94. The van der Waals surface area contributed by atoms with Crippen LogP contribution >= 0.6 is 0 Å². The Hall–Kier alpha value is -1.35. The summed E-state index contributed by atoms with van der Waals surface area (Å²) in [5.74, 6) is 0.941.